The van der Waals surface area contributed by atoms with Crippen LogP contribution >= 0.6 is 11.3 Å². The Bertz CT molecular complexity index is 550. The Kier molecular flexibility index (Phi) is 3.71. The van der Waals surface area contributed by atoms with E-state index in [1.54, 1.807) is 12.1 Å². The summed E-state index contributed by atoms with van der Waals surface area (Å²) >= 11 is 1.18. The average Bonchev–Trinajstić information content (AvgIpc) is 2.77. The summed E-state index contributed by atoms with van der Waals surface area (Å²) in [5.74, 6) is -1.14. The van der Waals surface area contributed by atoms with Gasteiger partial charge in [0.25, 0.3) is 10.0 Å². The van der Waals surface area contributed by atoms with Crippen LogP contribution in [-0.2, 0) is 19.6 Å². The first-order valence-corrected chi connectivity index (χ1v) is 7.58. The molecule has 1 atom stereocenters. The van der Waals surface area contributed by atoms with E-state index in [1.165, 1.54) is 15.6 Å². The molecule has 2 rings (SSSR count). The summed E-state index contributed by atoms with van der Waals surface area (Å²) in [7, 11) is -3.60. The highest BCUT2D eigenvalue weighted by atomic mass is 32.2. The van der Waals surface area contributed by atoms with Gasteiger partial charge in [-0.1, -0.05) is 0 Å². The van der Waals surface area contributed by atoms with Gasteiger partial charge in [0.05, 0.1) is 13.2 Å². The number of ether oxygens (including phenoxy) is 1. The summed E-state index contributed by atoms with van der Waals surface area (Å²) in [6.07, 6.45) is -1.09. The maximum Gasteiger partial charge on any atom is 0.334 e. The van der Waals surface area contributed by atoms with Gasteiger partial charge in [0.15, 0.2) is 6.10 Å². The third-order valence-corrected chi connectivity index (χ3v) is 5.95. The second kappa shape index (κ2) is 4.96. The van der Waals surface area contributed by atoms with Crippen molar-refractivity contribution in [2.75, 3.05) is 19.7 Å². The third-order valence-electron chi connectivity index (χ3n) is 2.61. The zero-order chi connectivity index (χ0) is 13.3. The van der Waals surface area contributed by atoms with Crippen molar-refractivity contribution in [2.45, 2.75) is 17.2 Å². The van der Waals surface area contributed by atoms with Crippen molar-refractivity contribution in [3.05, 3.63) is 17.0 Å². The molecule has 0 aliphatic carbocycles. The molecule has 0 bridgehead atoms. The average molecular weight is 291 g/mol. The van der Waals surface area contributed by atoms with Crippen molar-refractivity contribution in [1.29, 1.82) is 0 Å². The van der Waals surface area contributed by atoms with Crippen LogP contribution in [-0.4, -0.2) is 49.6 Å². The van der Waals surface area contributed by atoms with E-state index < -0.39 is 22.1 Å². The number of thiophene rings is 1. The van der Waals surface area contributed by atoms with E-state index in [9.17, 15) is 13.2 Å². The molecule has 1 fully saturated rings. The van der Waals surface area contributed by atoms with Crippen LogP contribution in [0.1, 0.15) is 4.88 Å². The molecule has 1 unspecified atom stereocenters. The fraction of sp³-hybridized carbons (Fsp3) is 0.500. The lowest BCUT2D eigenvalue weighted by atomic mass is 10.3. The molecule has 100 valence electrons. The van der Waals surface area contributed by atoms with Gasteiger partial charge in [-0.3, -0.25) is 0 Å². The fourth-order valence-corrected chi connectivity index (χ4v) is 4.53. The lowest BCUT2D eigenvalue weighted by Gasteiger charge is -2.29. The Labute approximate surface area is 109 Å². The highest BCUT2D eigenvalue weighted by Crippen LogP contribution is 2.25. The van der Waals surface area contributed by atoms with Gasteiger partial charge < -0.3 is 9.84 Å². The number of aryl methyl sites for hydroxylation is 1. The molecule has 0 saturated carbocycles. The zero-order valence-corrected chi connectivity index (χ0v) is 11.3. The second-order valence-electron chi connectivity index (χ2n) is 3.93. The Morgan fingerprint density at radius 1 is 1.56 bits per heavy atom. The molecule has 0 aromatic carbocycles. The van der Waals surface area contributed by atoms with Gasteiger partial charge in [0, 0.05) is 11.4 Å². The first-order chi connectivity index (χ1) is 8.41. The van der Waals surface area contributed by atoms with Crippen LogP contribution in [0.2, 0.25) is 0 Å². The molecule has 1 aliphatic rings. The summed E-state index contributed by atoms with van der Waals surface area (Å²) in [4.78, 5) is 11.7. The predicted octanol–water partition coefficient (Wildman–Crippen LogP) is 0.531. The highest BCUT2D eigenvalue weighted by molar-refractivity contribution is 7.91. The number of carboxylic acids is 1. The van der Waals surface area contributed by atoms with E-state index in [0.717, 1.165) is 4.88 Å². The van der Waals surface area contributed by atoms with Gasteiger partial charge in [0.2, 0.25) is 0 Å². The van der Waals surface area contributed by atoms with E-state index in [4.69, 9.17) is 9.84 Å². The van der Waals surface area contributed by atoms with Crippen molar-refractivity contribution >= 4 is 27.3 Å². The van der Waals surface area contributed by atoms with Crippen molar-refractivity contribution < 1.29 is 23.1 Å². The number of nitrogens with zero attached hydrogens (tertiary/aromatic N) is 1. The third kappa shape index (κ3) is 2.56. The Balaban J connectivity index is 2.22. The number of hydrogen-bond acceptors (Lipinski definition) is 5. The molecule has 8 heteroatoms. The Hall–Kier alpha value is -0.960. The number of rotatable bonds is 3. The minimum absolute atomic E-state index is 0.0978. The number of sulfonamides is 1. The minimum atomic E-state index is -3.60. The first kappa shape index (κ1) is 13.5. The van der Waals surface area contributed by atoms with Crippen LogP contribution in [0.4, 0.5) is 0 Å². The standard InChI is InChI=1S/C10H13NO5S2/c1-7-2-3-9(17-7)18(14,15)11-4-5-16-8(6-11)10(12)13/h2-3,8H,4-6H2,1H3,(H,12,13). The lowest BCUT2D eigenvalue weighted by molar-refractivity contribution is -0.153. The van der Waals surface area contributed by atoms with Gasteiger partial charge in [0.1, 0.15) is 4.21 Å². The second-order valence-corrected chi connectivity index (χ2v) is 7.38. The molecule has 1 N–H and O–H groups in total. The first-order valence-electron chi connectivity index (χ1n) is 5.32. The minimum Gasteiger partial charge on any atom is -0.479 e. The summed E-state index contributed by atoms with van der Waals surface area (Å²) in [6.45, 7) is 1.96. The van der Waals surface area contributed by atoms with Crippen molar-refractivity contribution in [3.63, 3.8) is 0 Å². The number of carboxylic acid groups (broad SMARTS) is 1. The van der Waals surface area contributed by atoms with E-state index in [0.29, 0.717) is 0 Å². The predicted molar refractivity (Wildman–Crippen MR) is 65.2 cm³/mol. The van der Waals surface area contributed by atoms with E-state index in [2.05, 4.69) is 0 Å². The zero-order valence-electron chi connectivity index (χ0n) is 9.70. The summed E-state index contributed by atoms with van der Waals surface area (Å²) in [5.41, 5.74) is 0. The molecule has 6 nitrogen and oxygen atoms in total. The van der Waals surface area contributed by atoms with Crippen LogP contribution < -0.4 is 0 Å². The summed E-state index contributed by atoms with van der Waals surface area (Å²) < 4.78 is 30.9. The highest BCUT2D eigenvalue weighted by Gasteiger charge is 2.34. The van der Waals surface area contributed by atoms with Gasteiger partial charge >= 0.3 is 5.97 Å². The number of aliphatic carboxylic acids is 1. The van der Waals surface area contributed by atoms with Crippen LogP contribution in [0.5, 0.6) is 0 Å². The summed E-state index contributed by atoms with van der Waals surface area (Å²) in [6, 6.07) is 3.27. The molecular weight excluding hydrogens is 278 g/mol. The quantitative estimate of drug-likeness (QED) is 0.878. The van der Waals surface area contributed by atoms with Gasteiger partial charge in [-0.05, 0) is 19.1 Å². The smallest absolute Gasteiger partial charge is 0.334 e. The molecule has 2 heterocycles. The molecule has 0 radical (unpaired) electrons. The van der Waals surface area contributed by atoms with Crippen molar-refractivity contribution in [1.82, 2.24) is 4.31 Å². The van der Waals surface area contributed by atoms with E-state index in [1.807, 2.05) is 6.92 Å². The molecule has 1 aromatic heterocycles. The van der Waals surface area contributed by atoms with Crippen molar-refractivity contribution in [2.24, 2.45) is 0 Å². The number of hydrogen-bond donors (Lipinski definition) is 1. The van der Waals surface area contributed by atoms with Crippen LogP contribution in [0.3, 0.4) is 0 Å². The van der Waals surface area contributed by atoms with Gasteiger partial charge in [-0.25, -0.2) is 13.2 Å². The van der Waals surface area contributed by atoms with E-state index >= 15 is 0 Å². The Morgan fingerprint density at radius 3 is 2.83 bits per heavy atom. The van der Waals surface area contributed by atoms with E-state index in [-0.39, 0.29) is 23.9 Å². The van der Waals surface area contributed by atoms with Crippen LogP contribution in [0.15, 0.2) is 16.3 Å². The number of carbonyl (C=O) groups is 1. The molecule has 1 saturated heterocycles. The van der Waals surface area contributed by atoms with Crippen LogP contribution in [0.25, 0.3) is 0 Å². The van der Waals surface area contributed by atoms with Crippen molar-refractivity contribution in [3.8, 4) is 0 Å². The molecular formula is C10H13NO5S2. The largest absolute Gasteiger partial charge is 0.479 e. The topological polar surface area (TPSA) is 83.9 Å². The van der Waals surface area contributed by atoms with Gasteiger partial charge in [-0.15, -0.1) is 11.3 Å². The monoisotopic (exact) mass is 291 g/mol. The number of morpholine rings is 1. The lowest BCUT2D eigenvalue weighted by Crippen LogP contribution is -2.48. The molecule has 1 aliphatic heterocycles. The Morgan fingerprint density at radius 2 is 2.28 bits per heavy atom. The molecule has 1 aromatic rings. The molecule has 0 spiro atoms. The SMILES string of the molecule is Cc1ccc(S(=O)(=O)N2CCOC(C(=O)O)C2)s1. The van der Waals surface area contributed by atoms with Gasteiger partial charge in [-0.2, -0.15) is 4.31 Å². The van der Waals surface area contributed by atoms with Crippen LogP contribution in [0, 0.1) is 6.92 Å². The normalized spacial score (nSPS) is 21.9. The fourth-order valence-electron chi connectivity index (χ4n) is 1.67. The molecule has 18 heavy (non-hydrogen) atoms. The molecule has 0 amide bonds. The summed E-state index contributed by atoms with van der Waals surface area (Å²) in [5, 5.41) is 8.85. The maximum atomic E-state index is 12.3. The maximum absolute atomic E-state index is 12.3.